The minimum absolute atomic E-state index is 0.0539. The zero-order valence-corrected chi connectivity index (χ0v) is 11.9. The molecule has 0 radical (unpaired) electrons. The first kappa shape index (κ1) is 15.3. The summed E-state index contributed by atoms with van der Waals surface area (Å²) in [4.78, 5) is 47.7. The Balaban J connectivity index is 1.79. The number of carbonyl (C=O) groups excluding carboxylic acids is 4. The average molecular weight is 297 g/mol. The lowest BCUT2D eigenvalue weighted by Crippen LogP contribution is -2.43. The molecule has 8 heteroatoms. The van der Waals surface area contributed by atoms with Crippen LogP contribution in [0.2, 0.25) is 0 Å². The summed E-state index contributed by atoms with van der Waals surface area (Å²) in [5.74, 6) is -1.05. The molecule has 0 aromatic heterocycles. The van der Waals surface area contributed by atoms with E-state index in [1.165, 1.54) is 0 Å². The van der Waals surface area contributed by atoms with E-state index in [4.69, 9.17) is 4.74 Å². The summed E-state index contributed by atoms with van der Waals surface area (Å²) in [6, 6.07) is -1.37. The van der Waals surface area contributed by atoms with Crippen molar-refractivity contribution >= 4 is 23.8 Å². The number of hydrogen-bond donors (Lipinski definition) is 2. The van der Waals surface area contributed by atoms with Gasteiger partial charge in [0.2, 0.25) is 5.91 Å². The molecule has 2 aliphatic rings. The van der Waals surface area contributed by atoms with Crippen molar-refractivity contribution in [3.63, 3.8) is 0 Å². The van der Waals surface area contributed by atoms with E-state index in [0.717, 1.165) is 0 Å². The molecule has 0 aromatic rings. The fraction of sp³-hybridized carbons (Fsp3) is 0.692. The molecule has 0 bridgehead atoms. The molecule has 1 atom stereocenters. The number of urea groups is 1. The number of likely N-dealkylation sites (tertiary alicyclic amines) is 1. The van der Waals surface area contributed by atoms with Gasteiger partial charge in [-0.25, -0.2) is 4.79 Å². The highest BCUT2D eigenvalue weighted by Gasteiger charge is 2.34. The molecule has 2 aliphatic heterocycles. The molecular weight excluding hydrogens is 278 g/mol. The first-order chi connectivity index (χ1) is 10.0. The van der Waals surface area contributed by atoms with Gasteiger partial charge in [-0.05, 0) is 19.8 Å². The van der Waals surface area contributed by atoms with Gasteiger partial charge in [-0.3, -0.25) is 19.7 Å². The quantitative estimate of drug-likeness (QED) is 0.532. The molecular formula is C13H19N3O5. The van der Waals surface area contributed by atoms with Crippen LogP contribution in [0.1, 0.15) is 26.2 Å². The number of rotatable bonds is 4. The van der Waals surface area contributed by atoms with Gasteiger partial charge in [0.1, 0.15) is 6.04 Å². The zero-order chi connectivity index (χ0) is 15.4. The summed E-state index contributed by atoms with van der Waals surface area (Å²) in [6.07, 6.45) is 1.07. The largest absolute Gasteiger partial charge is 0.466 e. The molecule has 2 saturated heterocycles. The summed E-state index contributed by atoms with van der Waals surface area (Å²) in [5, 5.41) is 4.49. The van der Waals surface area contributed by atoms with E-state index in [2.05, 4.69) is 10.6 Å². The highest BCUT2D eigenvalue weighted by atomic mass is 16.5. The van der Waals surface area contributed by atoms with Crippen molar-refractivity contribution in [2.45, 2.75) is 32.2 Å². The maximum absolute atomic E-state index is 12.1. The van der Waals surface area contributed by atoms with Gasteiger partial charge in [0.05, 0.1) is 18.9 Å². The van der Waals surface area contributed by atoms with Crippen molar-refractivity contribution in [2.24, 2.45) is 5.92 Å². The van der Waals surface area contributed by atoms with Crippen molar-refractivity contribution in [3.05, 3.63) is 0 Å². The Hall–Kier alpha value is -2.12. The molecule has 0 aromatic carbocycles. The number of piperidine rings is 1. The van der Waals surface area contributed by atoms with Crippen LogP contribution >= 0.6 is 0 Å². The number of amides is 4. The van der Waals surface area contributed by atoms with Gasteiger partial charge < -0.3 is 15.0 Å². The maximum Gasteiger partial charge on any atom is 0.322 e. The summed E-state index contributed by atoms with van der Waals surface area (Å²) in [6.45, 7) is 3.04. The molecule has 0 aliphatic carbocycles. The van der Waals surface area contributed by atoms with Gasteiger partial charge in [0, 0.05) is 13.1 Å². The van der Waals surface area contributed by atoms with Crippen molar-refractivity contribution < 1.29 is 23.9 Å². The van der Waals surface area contributed by atoms with E-state index < -0.39 is 18.0 Å². The Morgan fingerprint density at radius 2 is 1.95 bits per heavy atom. The topological polar surface area (TPSA) is 105 Å². The third-order valence-corrected chi connectivity index (χ3v) is 3.70. The van der Waals surface area contributed by atoms with E-state index in [1.807, 2.05) is 0 Å². The molecule has 1 unspecified atom stereocenters. The molecule has 0 saturated carbocycles. The molecule has 2 fully saturated rings. The predicted octanol–water partition coefficient (Wildman–Crippen LogP) is -0.614. The van der Waals surface area contributed by atoms with E-state index in [0.29, 0.717) is 32.5 Å². The van der Waals surface area contributed by atoms with E-state index in [1.54, 1.807) is 11.8 Å². The van der Waals surface area contributed by atoms with E-state index >= 15 is 0 Å². The second-order valence-electron chi connectivity index (χ2n) is 5.13. The third-order valence-electron chi connectivity index (χ3n) is 3.70. The van der Waals surface area contributed by atoms with Crippen LogP contribution in [-0.2, 0) is 19.1 Å². The van der Waals surface area contributed by atoms with E-state index in [-0.39, 0.29) is 24.2 Å². The fourth-order valence-corrected chi connectivity index (χ4v) is 2.53. The Morgan fingerprint density at radius 3 is 2.48 bits per heavy atom. The van der Waals surface area contributed by atoms with Crippen LogP contribution in [0.5, 0.6) is 0 Å². The van der Waals surface area contributed by atoms with Gasteiger partial charge in [0.15, 0.2) is 0 Å². The Bertz CT molecular complexity index is 457. The highest BCUT2D eigenvalue weighted by molar-refractivity contribution is 6.05. The van der Waals surface area contributed by atoms with Crippen molar-refractivity contribution in [1.29, 1.82) is 0 Å². The van der Waals surface area contributed by atoms with Crippen LogP contribution in [0.15, 0.2) is 0 Å². The monoisotopic (exact) mass is 297 g/mol. The second kappa shape index (κ2) is 6.55. The molecule has 2 N–H and O–H groups in total. The Kier molecular flexibility index (Phi) is 4.77. The highest BCUT2D eigenvalue weighted by Crippen LogP contribution is 2.19. The number of esters is 1. The Labute approximate surface area is 122 Å². The molecule has 8 nitrogen and oxygen atoms in total. The molecule has 2 rings (SSSR count). The molecule has 4 amide bonds. The summed E-state index contributed by atoms with van der Waals surface area (Å²) >= 11 is 0. The molecule has 0 spiro atoms. The molecule has 116 valence electrons. The minimum Gasteiger partial charge on any atom is -0.466 e. The van der Waals surface area contributed by atoms with Crippen LogP contribution in [-0.4, -0.2) is 54.5 Å². The number of hydrogen-bond acceptors (Lipinski definition) is 5. The van der Waals surface area contributed by atoms with Crippen LogP contribution in [0.25, 0.3) is 0 Å². The van der Waals surface area contributed by atoms with Crippen LogP contribution < -0.4 is 10.6 Å². The summed E-state index contributed by atoms with van der Waals surface area (Å²) in [7, 11) is 0. The van der Waals surface area contributed by atoms with Crippen LogP contribution in [0.4, 0.5) is 4.79 Å². The lowest BCUT2D eigenvalue weighted by molar-refractivity contribution is -0.151. The van der Waals surface area contributed by atoms with Crippen LogP contribution in [0.3, 0.4) is 0 Å². The maximum atomic E-state index is 12.1. The van der Waals surface area contributed by atoms with Gasteiger partial charge >= 0.3 is 12.0 Å². The number of nitrogens with zero attached hydrogens (tertiary/aromatic N) is 1. The number of imide groups is 1. The third kappa shape index (κ3) is 3.71. The SMILES string of the molecule is CCOC(=O)C1CCN(C(=O)CC2NC(=O)NC2=O)CC1. The lowest BCUT2D eigenvalue weighted by atomic mass is 9.96. The summed E-state index contributed by atoms with van der Waals surface area (Å²) in [5.41, 5.74) is 0. The lowest BCUT2D eigenvalue weighted by Gasteiger charge is -2.31. The predicted molar refractivity (Wildman–Crippen MR) is 71.0 cm³/mol. The second-order valence-corrected chi connectivity index (χ2v) is 5.13. The van der Waals surface area contributed by atoms with Gasteiger partial charge in [-0.2, -0.15) is 0 Å². The standard InChI is InChI=1S/C13H19N3O5/c1-2-21-12(19)8-3-5-16(6-4-8)10(17)7-9-11(18)15-13(20)14-9/h8-9H,2-7H2,1H3,(H2,14,15,18,20). The smallest absolute Gasteiger partial charge is 0.322 e. The fourth-order valence-electron chi connectivity index (χ4n) is 2.53. The van der Waals surface area contributed by atoms with Crippen molar-refractivity contribution in [3.8, 4) is 0 Å². The first-order valence-corrected chi connectivity index (χ1v) is 7.07. The van der Waals surface area contributed by atoms with Gasteiger partial charge in [-0.15, -0.1) is 0 Å². The van der Waals surface area contributed by atoms with Crippen molar-refractivity contribution in [1.82, 2.24) is 15.5 Å². The van der Waals surface area contributed by atoms with E-state index in [9.17, 15) is 19.2 Å². The average Bonchev–Trinajstić information content (AvgIpc) is 2.77. The van der Waals surface area contributed by atoms with Crippen molar-refractivity contribution in [2.75, 3.05) is 19.7 Å². The summed E-state index contributed by atoms with van der Waals surface area (Å²) < 4.78 is 4.97. The number of ether oxygens (including phenoxy) is 1. The number of carbonyl (C=O) groups is 4. The normalized spacial score (nSPS) is 22.7. The van der Waals surface area contributed by atoms with Gasteiger partial charge in [-0.1, -0.05) is 0 Å². The number of nitrogens with one attached hydrogen (secondary N) is 2. The van der Waals surface area contributed by atoms with Crippen LogP contribution in [0, 0.1) is 5.92 Å². The minimum atomic E-state index is -0.798. The van der Waals surface area contributed by atoms with Gasteiger partial charge in [0.25, 0.3) is 5.91 Å². The molecule has 2 heterocycles. The molecule has 21 heavy (non-hydrogen) atoms. The zero-order valence-electron chi connectivity index (χ0n) is 11.9. The first-order valence-electron chi connectivity index (χ1n) is 7.07. The Morgan fingerprint density at radius 1 is 1.29 bits per heavy atom.